The Balaban J connectivity index is 0. The number of carbonyl (C=O) groups excluding carboxylic acids is 2. The van der Waals surface area contributed by atoms with Crippen molar-refractivity contribution in [2.24, 2.45) is 0 Å². The fourth-order valence-electron chi connectivity index (χ4n) is 3.29. The molecule has 248 valence electrons. The van der Waals surface area contributed by atoms with Gasteiger partial charge < -0.3 is 31.6 Å². The van der Waals surface area contributed by atoms with E-state index in [1.165, 1.54) is 6.08 Å². The summed E-state index contributed by atoms with van der Waals surface area (Å²) in [5.74, 6) is -0.726. The highest BCUT2D eigenvalue weighted by Gasteiger charge is 2.40. The van der Waals surface area contributed by atoms with Gasteiger partial charge in [-0.1, -0.05) is 53.2 Å². The highest BCUT2D eigenvalue weighted by molar-refractivity contribution is 6.60. The molecule has 0 rings (SSSR count). The summed E-state index contributed by atoms with van der Waals surface area (Å²) < 4.78 is 40.0. The quantitative estimate of drug-likeness (QED) is 0.0428. The second kappa shape index (κ2) is 28.4. The molecule has 0 spiro atoms. The highest BCUT2D eigenvalue weighted by atomic mass is 28.4. The van der Waals surface area contributed by atoms with E-state index in [-0.39, 0.29) is 18.2 Å². The van der Waals surface area contributed by atoms with Gasteiger partial charge in [-0.3, -0.25) is 0 Å². The van der Waals surface area contributed by atoms with Gasteiger partial charge in [-0.15, -0.1) is 0 Å². The number of ether oxygens (including phenoxy) is 2. The molecule has 0 aliphatic rings. The summed E-state index contributed by atoms with van der Waals surface area (Å²) in [5.41, 5.74) is 0.431. The molecule has 0 heterocycles. The molecule has 0 aliphatic heterocycles. The summed E-state index contributed by atoms with van der Waals surface area (Å²) >= 11 is 0. The molecule has 0 fully saturated rings. The van der Waals surface area contributed by atoms with Crippen molar-refractivity contribution in [2.75, 3.05) is 33.0 Å². The number of unbranched alkanes of at least 4 members (excludes halogenated alkanes) is 3. The molecule has 11 heteroatoms. The van der Waals surface area contributed by atoms with Crippen LogP contribution >= 0.6 is 0 Å². The van der Waals surface area contributed by atoms with E-state index in [4.69, 9.17) is 31.6 Å². The molecule has 0 aromatic rings. The maximum absolute atomic E-state index is 11.2. The minimum absolute atomic E-state index is 0.179. The van der Waals surface area contributed by atoms with Crippen LogP contribution < -0.4 is 0 Å². The zero-order valence-corrected chi connectivity index (χ0v) is 30.2. The van der Waals surface area contributed by atoms with Gasteiger partial charge in [-0.25, -0.2) is 9.59 Å². The Morgan fingerprint density at radius 2 is 1.19 bits per heavy atom. The molecule has 0 aromatic carbocycles. The van der Waals surface area contributed by atoms with E-state index >= 15 is 0 Å². The van der Waals surface area contributed by atoms with E-state index in [0.717, 1.165) is 51.0 Å². The van der Waals surface area contributed by atoms with Crippen LogP contribution in [0, 0.1) is 0 Å². The average molecular weight is 635 g/mol. The smallest absolute Gasteiger partial charge is 0.463 e. The first-order valence-corrected chi connectivity index (χ1v) is 19.5. The van der Waals surface area contributed by atoms with Crippen LogP contribution in [0.5, 0.6) is 0 Å². The molecule has 0 unspecified atom stereocenters. The summed E-state index contributed by atoms with van der Waals surface area (Å²) in [5, 5.41) is 0. The van der Waals surface area contributed by atoms with E-state index in [9.17, 15) is 9.59 Å². The van der Waals surface area contributed by atoms with Gasteiger partial charge in [-0.05, 0) is 72.8 Å². The highest BCUT2D eigenvalue weighted by Crippen LogP contribution is 2.20. The SMILES string of the molecule is C=C(C)C(=O)OCCC[SiH](OC(C)C)OC(C)C.C=CC(=O)OCCC[Si](OCCCC)(OCCCC)OCCCC. The Bertz CT molecular complexity index is 665. The average Bonchev–Trinajstić information content (AvgIpc) is 2.93. The topological polar surface area (TPSA) is 98.8 Å². The Labute approximate surface area is 259 Å². The largest absolute Gasteiger partial charge is 0.501 e. The van der Waals surface area contributed by atoms with Crippen LogP contribution in [0.15, 0.2) is 24.8 Å². The Hall–Kier alpha value is -1.35. The molecule has 42 heavy (non-hydrogen) atoms. The summed E-state index contributed by atoms with van der Waals surface area (Å²) in [6.45, 7) is 25.7. The van der Waals surface area contributed by atoms with Crippen LogP contribution in [-0.2, 0) is 41.2 Å². The first kappa shape index (κ1) is 42.8. The third-order valence-electron chi connectivity index (χ3n) is 5.51. The van der Waals surface area contributed by atoms with E-state index in [0.29, 0.717) is 51.1 Å². The van der Waals surface area contributed by atoms with Gasteiger partial charge in [0.05, 0.1) is 13.2 Å². The maximum Gasteiger partial charge on any atom is 0.501 e. The summed E-state index contributed by atoms with van der Waals surface area (Å²) in [4.78, 5) is 22.3. The second-order valence-electron chi connectivity index (χ2n) is 10.6. The van der Waals surface area contributed by atoms with E-state index in [2.05, 4.69) is 33.9 Å². The monoisotopic (exact) mass is 634 g/mol. The third kappa shape index (κ3) is 26.3. The molecular formula is C31H62O9Si2. The van der Waals surface area contributed by atoms with Crippen molar-refractivity contribution in [1.82, 2.24) is 0 Å². The van der Waals surface area contributed by atoms with Crippen molar-refractivity contribution in [3.63, 3.8) is 0 Å². The predicted molar refractivity (Wildman–Crippen MR) is 174 cm³/mol. The predicted octanol–water partition coefficient (Wildman–Crippen LogP) is 7.06. The summed E-state index contributed by atoms with van der Waals surface area (Å²) in [7, 11) is -4.36. The lowest BCUT2D eigenvalue weighted by molar-refractivity contribution is -0.139. The lowest BCUT2D eigenvalue weighted by atomic mass is 10.4. The Morgan fingerprint density at radius 3 is 1.57 bits per heavy atom. The molecule has 0 N–H and O–H groups in total. The fraction of sp³-hybridized carbons (Fsp3) is 0.806. The molecule has 9 nitrogen and oxygen atoms in total. The standard InChI is InChI=1S/C18H36O5Si.C13H26O4Si/c1-5-9-14-21-24(22-15-10-6-2,23-16-11-7-3)17-12-13-20-18(19)8-4;1-10(2)13(14)15-8-7-9-18(16-11(3)4)17-12(5)6/h8H,4-7,9-17H2,1-3H3;11-12,18H,1,7-9H2,2-6H3. The minimum Gasteiger partial charge on any atom is -0.463 e. The molecule has 0 saturated heterocycles. The van der Waals surface area contributed by atoms with Gasteiger partial charge in [0.15, 0.2) is 0 Å². The summed E-state index contributed by atoms with van der Waals surface area (Å²) in [6.07, 6.45) is 9.19. The van der Waals surface area contributed by atoms with Gasteiger partial charge >= 0.3 is 30.0 Å². The van der Waals surface area contributed by atoms with E-state index in [1.807, 2.05) is 27.7 Å². The first-order valence-electron chi connectivity index (χ1n) is 15.8. The van der Waals surface area contributed by atoms with Crippen molar-refractivity contribution >= 4 is 30.0 Å². The molecule has 0 radical (unpaired) electrons. The summed E-state index contributed by atoms with van der Waals surface area (Å²) in [6, 6.07) is 1.52. The number of carbonyl (C=O) groups is 2. The van der Waals surface area contributed by atoms with Crippen LogP contribution in [0.3, 0.4) is 0 Å². The molecule has 0 aliphatic carbocycles. The van der Waals surface area contributed by atoms with E-state index < -0.39 is 24.1 Å². The maximum atomic E-state index is 11.2. The molecule has 0 amide bonds. The van der Waals surface area contributed by atoms with Crippen molar-refractivity contribution in [3.05, 3.63) is 24.8 Å². The Kier molecular flexibility index (Phi) is 29.0. The number of hydrogen-bond donors (Lipinski definition) is 0. The normalized spacial score (nSPS) is 11.4. The molecule has 0 atom stereocenters. The molecular weight excluding hydrogens is 573 g/mol. The zero-order valence-electron chi connectivity index (χ0n) is 28.0. The van der Waals surface area contributed by atoms with Crippen LogP contribution in [0.2, 0.25) is 12.1 Å². The van der Waals surface area contributed by atoms with Gasteiger partial charge in [0, 0.05) is 49.7 Å². The van der Waals surface area contributed by atoms with Gasteiger partial charge in [0.1, 0.15) is 0 Å². The van der Waals surface area contributed by atoms with Gasteiger partial charge in [-0.2, -0.15) is 0 Å². The van der Waals surface area contributed by atoms with Crippen molar-refractivity contribution in [2.45, 2.75) is 131 Å². The van der Waals surface area contributed by atoms with Crippen LogP contribution in [0.25, 0.3) is 0 Å². The van der Waals surface area contributed by atoms with Crippen molar-refractivity contribution < 1.29 is 41.2 Å². The second-order valence-corrected chi connectivity index (χ2v) is 15.3. The van der Waals surface area contributed by atoms with Crippen molar-refractivity contribution in [1.29, 1.82) is 0 Å². The van der Waals surface area contributed by atoms with Crippen LogP contribution in [0.4, 0.5) is 0 Å². The lowest BCUT2D eigenvalue weighted by Crippen LogP contribution is -2.47. The fourth-order valence-corrected chi connectivity index (χ4v) is 7.97. The number of hydrogen-bond acceptors (Lipinski definition) is 9. The Morgan fingerprint density at radius 1 is 0.738 bits per heavy atom. The van der Waals surface area contributed by atoms with Crippen LogP contribution in [0.1, 0.15) is 107 Å². The molecule has 0 aromatic heterocycles. The number of rotatable bonds is 26. The van der Waals surface area contributed by atoms with Gasteiger partial charge in [0.25, 0.3) is 0 Å². The van der Waals surface area contributed by atoms with Gasteiger partial charge in [0.2, 0.25) is 0 Å². The number of esters is 2. The first-order chi connectivity index (χ1) is 20.0. The third-order valence-corrected chi connectivity index (χ3v) is 11.0. The lowest BCUT2D eigenvalue weighted by Gasteiger charge is -2.30. The van der Waals surface area contributed by atoms with Crippen molar-refractivity contribution in [3.8, 4) is 0 Å². The molecule has 0 bridgehead atoms. The van der Waals surface area contributed by atoms with Crippen LogP contribution in [-0.4, -0.2) is 75.3 Å². The molecule has 0 saturated carbocycles. The van der Waals surface area contributed by atoms with E-state index in [1.54, 1.807) is 6.92 Å². The zero-order chi connectivity index (χ0) is 32.2. The minimum atomic E-state index is -2.71.